The number of hydrogen-bond donors (Lipinski definition) is 2. The summed E-state index contributed by atoms with van der Waals surface area (Å²) in [5.41, 5.74) is 4.15. The second-order valence-electron chi connectivity index (χ2n) is 10.3. The van der Waals surface area contributed by atoms with Crippen LogP contribution >= 0.6 is 6.72 Å². The van der Waals surface area contributed by atoms with Gasteiger partial charge in [-0.25, -0.2) is 4.79 Å². The van der Waals surface area contributed by atoms with Crippen LogP contribution in [0.4, 0.5) is 5.82 Å². The van der Waals surface area contributed by atoms with Crippen molar-refractivity contribution in [2.75, 3.05) is 12.3 Å². The molecular weight excluding hydrogens is 429 g/mol. The van der Waals surface area contributed by atoms with E-state index < -0.39 is 42.0 Å². The van der Waals surface area contributed by atoms with Crippen LogP contribution in [0.25, 0.3) is 0 Å². The highest BCUT2D eigenvalue weighted by Crippen LogP contribution is 2.58. The number of ether oxygens (including phenoxy) is 2. The molecule has 1 aromatic heterocycles. The Morgan fingerprint density at radius 2 is 2.03 bits per heavy atom. The van der Waals surface area contributed by atoms with Gasteiger partial charge in [0.05, 0.1) is 12.2 Å². The molecule has 9 nitrogen and oxygen atoms in total. The minimum atomic E-state index is -3.60. The third-order valence-electron chi connectivity index (χ3n) is 4.89. The molecule has 0 radical (unpaired) electrons. The van der Waals surface area contributed by atoms with E-state index in [0.717, 1.165) is 0 Å². The number of aromatic nitrogens is 2. The fraction of sp³-hybridized carbons (Fsp3) is 0.789. The van der Waals surface area contributed by atoms with E-state index in [9.17, 15) is 9.69 Å². The quantitative estimate of drug-likeness (QED) is 0.638. The van der Waals surface area contributed by atoms with Gasteiger partial charge in [0, 0.05) is 11.8 Å². The SMILES string of the molecule is Cc1cn([C@@H]2O[C@@]3(CC(C)(C)C)COC2[C@H]3OP(O)(=S)OC(C)(C)C)c(=O)nc1N. The fourth-order valence-corrected chi connectivity index (χ4v) is 6.36. The maximum atomic E-state index is 12.5. The first-order valence-electron chi connectivity index (χ1n) is 9.89. The van der Waals surface area contributed by atoms with Crippen LogP contribution in [0.5, 0.6) is 0 Å². The van der Waals surface area contributed by atoms with Crippen molar-refractivity contribution in [2.24, 2.45) is 5.41 Å². The van der Waals surface area contributed by atoms with Gasteiger partial charge in [0.15, 0.2) is 6.23 Å². The Hall–Kier alpha value is -0.870. The summed E-state index contributed by atoms with van der Waals surface area (Å²) in [5, 5.41) is 0. The second-order valence-corrected chi connectivity index (χ2v) is 13.0. The third kappa shape index (κ3) is 4.96. The number of hydrogen-bond acceptors (Lipinski definition) is 8. The van der Waals surface area contributed by atoms with E-state index >= 15 is 0 Å². The fourth-order valence-electron chi connectivity index (χ4n) is 4.08. The van der Waals surface area contributed by atoms with E-state index in [2.05, 4.69) is 25.8 Å². The Morgan fingerprint density at radius 3 is 2.60 bits per heavy atom. The lowest BCUT2D eigenvalue weighted by Crippen LogP contribution is -2.45. The summed E-state index contributed by atoms with van der Waals surface area (Å²) in [4.78, 5) is 27.2. The molecule has 30 heavy (non-hydrogen) atoms. The van der Waals surface area contributed by atoms with Crippen molar-refractivity contribution < 1.29 is 23.4 Å². The highest BCUT2D eigenvalue weighted by atomic mass is 32.5. The number of nitrogen functional groups attached to an aromatic ring is 1. The topological polar surface area (TPSA) is 118 Å². The standard InChI is InChI=1S/C19H32N3O6PS/c1-11-8-22(16(23)21-14(11)20)15-12-13(27-29(24,30)28-18(5,6)7)19(26-15,10-25-12)9-17(2,3)4/h8,12-13,15H,9-10H2,1-7H3,(H,24,30)(H2,20,21,23)/t12?,13-,15-,19+,29?/m1/s1. The molecule has 1 aromatic rings. The zero-order valence-corrected chi connectivity index (χ0v) is 20.3. The van der Waals surface area contributed by atoms with E-state index in [1.807, 2.05) is 0 Å². The zero-order valence-electron chi connectivity index (χ0n) is 18.5. The Kier molecular flexibility index (Phi) is 6.04. The number of aryl methyl sites for hydroxylation is 1. The molecule has 2 saturated heterocycles. The molecule has 3 N–H and O–H groups in total. The number of nitrogens with two attached hydrogens (primary N) is 1. The van der Waals surface area contributed by atoms with Gasteiger partial charge in [-0.1, -0.05) is 20.8 Å². The highest BCUT2D eigenvalue weighted by Gasteiger charge is 2.65. The lowest BCUT2D eigenvalue weighted by atomic mass is 9.80. The average molecular weight is 462 g/mol. The van der Waals surface area contributed by atoms with Crippen LogP contribution in [0, 0.1) is 12.3 Å². The number of rotatable bonds is 5. The number of anilines is 1. The van der Waals surface area contributed by atoms with E-state index in [-0.39, 0.29) is 17.8 Å². The van der Waals surface area contributed by atoms with Gasteiger partial charge in [0.2, 0.25) is 0 Å². The van der Waals surface area contributed by atoms with Crippen molar-refractivity contribution in [1.82, 2.24) is 9.55 Å². The molecule has 2 aliphatic rings. The van der Waals surface area contributed by atoms with Crippen molar-refractivity contribution in [1.29, 1.82) is 0 Å². The van der Waals surface area contributed by atoms with Crippen molar-refractivity contribution in [3.05, 3.63) is 22.2 Å². The molecule has 0 aromatic carbocycles. The van der Waals surface area contributed by atoms with Crippen LogP contribution in [0.3, 0.4) is 0 Å². The summed E-state index contributed by atoms with van der Waals surface area (Å²) in [6, 6.07) is 0. The van der Waals surface area contributed by atoms with Gasteiger partial charge in [-0.3, -0.25) is 9.09 Å². The molecule has 2 unspecified atom stereocenters. The smallest absolute Gasteiger partial charge is 0.351 e. The molecule has 170 valence electrons. The van der Waals surface area contributed by atoms with Crippen LogP contribution in [0.2, 0.25) is 0 Å². The molecule has 2 aliphatic heterocycles. The molecule has 0 amide bonds. The predicted molar refractivity (Wildman–Crippen MR) is 117 cm³/mol. The molecule has 2 bridgehead atoms. The molecule has 2 fully saturated rings. The first kappa shape index (κ1) is 23.8. The Labute approximate surface area is 182 Å². The molecule has 11 heteroatoms. The molecule has 0 spiro atoms. The molecule has 0 aliphatic carbocycles. The Balaban J connectivity index is 2.00. The van der Waals surface area contributed by atoms with Crippen LogP contribution in [-0.2, 0) is 30.3 Å². The lowest BCUT2D eigenvalue weighted by Gasteiger charge is -2.37. The van der Waals surface area contributed by atoms with Crippen LogP contribution in [0.1, 0.15) is 59.8 Å². The van der Waals surface area contributed by atoms with Gasteiger partial charge in [0.25, 0.3) is 0 Å². The van der Waals surface area contributed by atoms with Gasteiger partial charge in [-0.15, -0.1) is 0 Å². The maximum absolute atomic E-state index is 12.5. The predicted octanol–water partition coefficient (Wildman–Crippen LogP) is 2.65. The summed E-state index contributed by atoms with van der Waals surface area (Å²) >= 11 is 5.29. The van der Waals surface area contributed by atoms with Crippen LogP contribution in [0.15, 0.2) is 11.0 Å². The van der Waals surface area contributed by atoms with Crippen LogP contribution in [-0.4, -0.2) is 44.5 Å². The molecule has 0 saturated carbocycles. The third-order valence-corrected chi connectivity index (χ3v) is 6.64. The van der Waals surface area contributed by atoms with Crippen molar-refractivity contribution in [3.63, 3.8) is 0 Å². The average Bonchev–Trinajstić information content (AvgIpc) is 2.96. The van der Waals surface area contributed by atoms with E-state index in [0.29, 0.717) is 12.0 Å². The molecule has 3 rings (SSSR count). The molecular formula is C19H32N3O6PS. The van der Waals surface area contributed by atoms with Crippen LogP contribution < -0.4 is 11.4 Å². The largest absolute Gasteiger partial charge is 0.383 e. The van der Waals surface area contributed by atoms with Gasteiger partial charge < -0.3 is 24.6 Å². The summed E-state index contributed by atoms with van der Waals surface area (Å²) in [6.45, 7) is 10.0. The van der Waals surface area contributed by atoms with Gasteiger partial charge in [-0.2, -0.15) is 4.98 Å². The molecule has 5 atom stereocenters. The second kappa shape index (κ2) is 7.62. The normalized spacial score (nSPS) is 31.1. The first-order valence-corrected chi connectivity index (χ1v) is 12.5. The minimum absolute atomic E-state index is 0.141. The van der Waals surface area contributed by atoms with E-state index in [1.165, 1.54) is 4.57 Å². The molecule has 3 heterocycles. The number of nitrogens with zero attached hydrogens (tertiary/aromatic N) is 2. The maximum Gasteiger partial charge on any atom is 0.351 e. The monoisotopic (exact) mass is 461 g/mol. The Bertz CT molecular complexity index is 924. The highest BCUT2D eigenvalue weighted by molar-refractivity contribution is 8.07. The number of fused-ring (bicyclic) bond motifs is 2. The minimum Gasteiger partial charge on any atom is -0.383 e. The van der Waals surface area contributed by atoms with Gasteiger partial charge in [0.1, 0.15) is 23.6 Å². The lowest BCUT2D eigenvalue weighted by molar-refractivity contribution is -0.184. The zero-order chi connectivity index (χ0) is 22.7. The summed E-state index contributed by atoms with van der Waals surface area (Å²) in [6.07, 6.45) is 0.0215. The summed E-state index contributed by atoms with van der Waals surface area (Å²) < 4.78 is 25.4. The summed E-state index contributed by atoms with van der Waals surface area (Å²) in [5.74, 6) is 0.168. The van der Waals surface area contributed by atoms with Gasteiger partial charge in [-0.05, 0) is 51.3 Å². The van der Waals surface area contributed by atoms with Gasteiger partial charge >= 0.3 is 12.4 Å². The van der Waals surface area contributed by atoms with E-state index in [1.54, 1.807) is 33.9 Å². The Morgan fingerprint density at radius 1 is 1.40 bits per heavy atom. The first-order chi connectivity index (χ1) is 13.5. The summed E-state index contributed by atoms with van der Waals surface area (Å²) in [7, 11) is 0. The van der Waals surface area contributed by atoms with Crippen molar-refractivity contribution in [3.8, 4) is 0 Å². The van der Waals surface area contributed by atoms with Crippen molar-refractivity contribution in [2.45, 2.75) is 84.5 Å². The van der Waals surface area contributed by atoms with Crippen molar-refractivity contribution >= 4 is 24.3 Å². The van der Waals surface area contributed by atoms with E-state index in [4.69, 9.17) is 36.1 Å².